The molecule has 1 rings (SSSR count). The Morgan fingerprint density at radius 1 is 1.37 bits per heavy atom. The van der Waals surface area contributed by atoms with Crippen molar-refractivity contribution in [3.05, 3.63) is 35.1 Å². The molecule has 0 spiro atoms. The summed E-state index contributed by atoms with van der Waals surface area (Å²) in [6.45, 7) is 0.730. The minimum Gasteiger partial charge on any atom is -0.340 e. The Morgan fingerprint density at radius 2 is 2.00 bits per heavy atom. The van der Waals surface area contributed by atoms with Gasteiger partial charge >= 0.3 is 6.18 Å². The van der Waals surface area contributed by atoms with E-state index < -0.39 is 29.0 Å². The highest BCUT2D eigenvalue weighted by Gasteiger charge is 2.35. The number of nitrogens with zero attached hydrogens (tertiary/aromatic N) is 1. The average Bonchev–Trinajstić information content (AvgIpc) is 2.34. The number of carbonyl (C=O) groups excluding carboxylic acids is 1. The number of halogens is 4. The first-order chi connectivity index (χ1) is 8.79. The number of carbonyl (C=O) groups is 1. The van der Waals surface area contributed by atoms with Gasteiger partial charge < -0.3 is 10.2 Å². The third-order valence-electron chi connectivity index (χ3n) is 2.58. The van der Waals surface area contributed by atoms with E-state index >= 15 is 0 Å². The number of hydrogen-bond acceptors (Lipinski definition) is 2. The number of rotatable bonds is 4. The van der Waals surface area contributed by atoms with Gasteiger partial charge in [0.2, 0.25) is 0 Å². The predicted octanol–water partition coefficient (Wildman–Crippen LogP) is 2.14. The van der Waals surface area contributed by atoms with Crippen LogP contribution in [0, 0.1) is 5.82 Å². The lowest BCUT2D eigenvalue weighted by Gasteiger charge is -2.18. The smallest absolute Gasteiger partial charge is 0.340 e. The maximum Gasteiger partial charge on any atom is 0.419 e. The van der Waals surface area contributed by atoms with Crippen molar-refractivity contribution in [2.45, 2.75) is 6.18 Å². The summed E-state index contributed by atoms with van der Waals surface area (Å²) < 4.78 is 51.3. The molecule has 3 nitrogen and oxygen atoms in total. The predicted molar refractivity (Wildman–Crippen MR) is 62.3 cm³/mol. The van der Waals surface area contributed by atoms with Gasteiger partial charge in [0.15, 0.2) is 0 Å². The lowest BCUT2D eigenvalue weighted by atomic mass is 10.1. The number of amides is 1. The Labute approximate surface area is 108 Å². The zero-order valence-corrected chi connectivity index (χ0v) is 10.5. The van der Waals surface area contributed by atoms with Crippen molar-refractivity contribution in [3.8, 4) is 0 Å². The normalized spacial score (nSPS) is 11.5. The highest BCUT2D eigenvalue weighted by atomic mass is 19.4. The number of alkyl halides is 3. The van der Waals surface area contributed by atoms with Crippen molar-refractivity contribution >= 4 is 5.91 Å². The standard InChI is InChI=1S/C12H14F4N2O/c1-17-6-7-18(2)11(19)8-4-3-5-9(10(8)13)12(14,15)16/h3-5,17H,6-7H2,1-2H3. The molecule has 0 unspecified atom stereocenters. The van der Waals surface area contributed by atoms with E-state index in [4.69, 9.17) is 0 Å². The number of nitrogens with one attached hydrogen (secondary N) is 1. The van der Waals surface area contributed by atoms with Crippen LogP contribution in [0.15, 0.2) is 18.2 Å². The highest BCUT2D eigenvalue weighted by Crippen LogP contribution is 2.32. The van der Waals surface area contributed by atoms with Crippen LogP contribution >= 0.6 is 0 Å². The van der Waals surface area contributed by atoms with E-state index in [-0.39, 0.29) is 6.54 Å². The molecule has 0 bridgehead atoms. The van der Waals surface area contributed by atoms with Gasteiger partial charge in [-0.1, -0.05) is 6.07 Å². The van der Waals surface area contributed by atoms with Crippen LogP contribution in [0.5, 0.6) is 0 Å². The third-order valence-corrected chi connectivity index (χ3v) is 2.58. The lowest BCUT2D eigenvalue weighted by Crippen LogP contribution is -2.33. The number of benzene rings is 1. The van der Waals surface area contributed by atoms with Gasteiger partial charge in [0.1, 0.15) is 5.82 Å². The fourth-order valence-corrected chi connectivity index (χ4v) is 1.50. The molecule has 0 heterocycles. The van der Waals surface area contributed by atoms with E-state index in [2.05, 4.69) is 5.32 Å². The Balaban J connectivity index is 3.05. The third kappa shape index (κ3) is 3.66. The van der Waals surface area contributed by atoms with Crippen molar-refractivity contribution in [1.82, 2.24) is 10.2 Å². The van der Waals surface area contributed by atoms with Crippen molar-refractivity contribution in [1.29, 1.82) is 0 Å². The number of hydrogen-bond donors (Lipinski definition) is 1. The zero-order chi connectivity index (χ0) is 14.6. The van der Waals surface area contributed by atoms with E-state index in [1.165, 1.54) is 7.05 Å². The largest absolute Gasteiger partial charge is 0.419 e. The molecule has 0 aliphatic carbocycles. The van der Waals surface area contributed by atoms with Crippen LogP contribution < -0.4 is 5.32 Å². The van der Waals surface area contributed by atoms with Crippen molar-refractivity contribution in [2.24, 2.45) is 0 Å². The monoisotopic (exact) mass is 278 g/mol. The molecule has 1 N–H and O–H groups in total. The van der Waals surface area contributed by atoms with Crippen molar-refractivity contribution < 1.29 is 22.4 Å². The molecule has 0 aliphatic heterocycles. The fourth-order valence-electron chi connectivity index (χ4n) is 1.50. The quantitative estimate of drug-likeness (QED) is 0.856. The molecule has 0 atom stereocenters. The SMILES string of the molecule is CNCCN(C)C(=O)c1cccc(C(F)(F)F)c1F. The molecule has 0 radical (unpaired) electrons. The summed E-state index contributed by atoms with van der Waals surface area (Å²) in [7, 11) is 3.07. The summed E-state index contributed by atoms with van der Waals surface area (Å²) in [5.41, 5.74) is -2.01. The molecule has 1 aromatic carbocycles. The number of likely N-dealkylation sites (N-methyl/N-ethyl adjacent to an activating group) is 2. The molecule has 7 heteroatoms. The van der Waals surface area contributed by atoms with Crippen molar-refractivity contribution in [3.63, 3.8) is 0 Å². The Morgan fingerprint density at radius 3 is 2.53 bits per heavy atom. The molecule has 0 fully saturated rings. The van der Waals surface area contributed by atoms with Crippen LogP contribution in [-0.4, -0.2) is 38.0 Å². The summed E-state index contributed by atoms with van der Waals surface area (Å²) >= 11 is 0. The second-order valence-corrected chi connectivity index (χ2v) is 4.00. The maximum absolute atomic E-state index is 13.7. The molecule has 1 amide bonds. The Hall–Kier alpha value is -1.63. The second-order valence-electron chi connectivity index (χ2n) is 4.00. The second kappa shape index (κ2) is 6.01. The summed E-state index contributed by atoms with van der Waals surface area (Å²) in [5, 5.41) is 2.79. The van der Waals surface area contributed by atoms with Crippen molar-refractivity contribution in [2.75, 3.05) is 27.2 Å². The summed E-state index contributed by atoms with van der Waals surface area (Å²) in [5.74, 6) is -2.31. The molecule has 0 aromatic heterocycles. The van der Waals surface area contributed by atoms with E-state index in [0.29, 0.717) is 12.6 Å². The van der Waals surface area contributed by atoms with Gasteiger partial charge in [0.05, 0.1) is 11.1 Å². The van der Waals surface area contributed by atoms with Crippen LogP contribution in [0.4, 0.5) is 17.6 Å². The van der Waals surface area contributed by atoms with Crippen LogP contribution in [-0.2, 0) is 6.18 Å². The minimum atomic E-state index is -4.82. The first-order valence-electron chi connectivity index (χ1n) is 5.54. The van der Waals surface area contributed by atoms with Gasteiger partial charge in [-0.2, -0.15) is 13.2 Å². The van der Waals surface area contributed by atoms with Gasteiger partial charge in [0.25, 0.3) is 5.91 Å². The van der Waals surface area contributed by atoms with E-state index in [1.54, 1.807) is 7.05 Å². The zero-order valence-electron chi connectivity index (χ0n) is 10.5. The lowest BCUT2D eigenvalue weighted by molar-refractivity contribution is -0.140. The van der Waals surface area contributed by atoms with E-state index in [1.807, 2.05) is 0 Å². The van der Waals surface area contributed by atoms with E-state index in [9.17, 15) is 22.4 Å². The minimum absolute atomic E-state index is 0.269. The van der Waals surface area contributed by atoms with Crippen LogP contribution in [0.25, 0.3) is 0 Å². The van der Waals surface area contributed by atoms with Crippen LogP contribution in [0.1, 0.15) is 15.9 Å². The molecule has 19 heavy (non-hydrogen) atoms. The summed E-state index contributed by atoms with van der Waals surface area (Å²) in [6.07, 6.45) is -4.82. The average molecular weight is 278 g/mol. The molecule has 0 saturated heterocycles. The molecule has 0 saturated carbocycles. The maximum atomic E-state index is 13.7. The van der Waals surface area contributed by atoms with Gasteiger partial charge in [-0.3, -0.25) is 4.79 Å². The van der Waals surface area contributed by atoms with Crippen LogP contribution in [0.3, 0.4) is 0 Å². The van der Waals surface area contributed by atoms with Gasteiger partial charge in [0, 0.05) is 20.1 Å². The van der Waals surface area contributed by atoms with E-state index in [0.717, 1.165) is 17.0 Å². The molecule has 1 aromatic rings. The van der Waals surface area contributed by atoms with Gasteiger partial charge in [-0.25, -0.2) is 4.39 Å². The fraction of sp³-hybridized carbons (Fsp3) is 0.417. The Kier molecular flexibility index (Phi) is 4.88. The van der Waals surface area contributed by atoms with Crippen LogP contribution in [0.2, 0.25) is 0 Å². The highest BCUT2D eigenvalue weighted by molar-refractivity contribution is 5.94. The topological polar surface area (TPSA) is 32.3 Å². The molecular formula is C12H14F4N2O. The Bertz CT molecular complexity index is 460. The molecule has 0 aliphatic rings. The molecular weight excluding hydrogens is 264 g/mol. The summed E-state index contributed by atoms with van der Waals surface area (Å²) in [4.78, 5) is 13.0. The van der Waals surface area contributed by atoms with Gasteiger partial charge in [-0.15, -0.1) is 0 Å². The van der Waals surface area contributed by atoms with Gasteiger partial charge in [-0.05, 0) is 19.2 Å². The molecule has 106 valence electrons. The first kappa shape index (κ1) is 15.4. The first-order valence-corrected chi connectivity index (χ1v) is 5.54. The summed E-state index contributed by atoms with van der Waals surface area (Å²) in [6, 6.07) is 2.67.